The average molecular weight is 890 g/mol. The summed E-state index contributed by atoms with van der Waals surface area (Å²) < 4.78 is 22.1. The fourth-order valence-electron chi connectivity index (χ4n) is 5.99. The van der Waals surface area contributed by atoms with E-state index in [4.69, 9.17) is 35.4 Å². The number of β-lactam (4-membered cyclic amide) rings is 1. The van der Waals surface area contributed by atoms with E-state index in [0.29, 0.717) is 16.9 Å². The number of benzene rings is 3. The third-order valence-corrected chi connectivity index (χ3v) is 11.5. The molecule has 6 rings (SSSR count). The van der Waals surface area contributed by atoms with Crippen LogP contribution in [0.2, 0.25) is 0 Å². The largest absolute Gasteiger partial charge is 0.497 e. The second-order valence-electron chi connectivity index (χ2n) is 15.2. The molecule has 0 radical (unpaired) electrons. The van der Waals surface area contributed by atoms with Crippen molar-refractivity contribution in [3.63, 3.8) is 0 Å². The molecule has 3 amide bonds. The van der Waals surface area contributed by atoms with Gasteiger partial charge in [0, 0.05) is 17.0 Å². The minimum Gasteiger partial charge on any atom is -0.497 e. The molecule has 0 bridgehead atoms. The van der Waals surface area contributed by atoms with E-state index < -0.39 is 64.3 Å². The quantitative estimate of drug-likeness (QED) is 0.0313. The second kappa shape index (κ2) is 19.2. The highest BCUT2D eigenvalue weighted by atomic mass is 35.5. The van der Waals surface area contributed by atoms with Crippen molar-refractivity contribution < 1.29 is 47.8 Å². The summed E-state index contributed by atoms with van der Waals surface area (Å²) in [5.74, 6) is -2.11. The van der Waals surface area contributed by atoms with Gasteiger partial charge in [-0.3, -0.25) is 19.8 Å². The summed E-state index contributed by atoms with van der Waals surface area (Å²) in [6.07, 6.45) is -1.57. The lowest BCUT2D eigenvalue weighted by Crippen LogP contribution is -2.71. The minimum atomic E-state index is -1.76. The molecule has 3 heterocycles. The van der Waals surface area contributed by atoms with Crippen molar-refractivity contribution in [2.24, 2.45) is 5.16 Å². The normalized spacial score (nSPS) is 16.6. The van der Waals surface area contributed by atoms with Crippen LogP contribution >= 0.6 is 34.7 Å². The lowest BCUT2D eigenvalue weighted by Gasteiger charge is -2.49. The molecule has 1 aromatic heterocycles. The van der Waals surface area contributed by atoms with Crippen LogP contribution in [0.4, 0.5) is 9.93 Å². The van der Waals surface area contributed by atoms with Crippen molar-refractivity contribution in [2.45, 2.75) is 69.9 Å². The highest BCUT2D eigenvalue weighted by Crippen LogP contribution is 2.41. The van der Waals surface area contributed by atoms with Gasteiger partial charge in [0.25, 0.3) is 11.8 Å². The van der Waals surface area contributed by atoms with Gasteiger partial charge in [-0.2, -0.15) is 0 Å². The van der Waals surface area contributed by atoms with E-state index in [1.165, 1.54) is 35.9 Å². The lowest BCUT2D eigenvalue weighted by molar-refractivity contribution is -0.172. The summed E-state index contributed by atoms with van der Waals surface area (Å²) in [5.41, 5.74) is -0.359. The molecule has 1 saturated heterocycles. The van der Waals surface area contributed by atoms with Gasteiger partial charge < -0.3 is 29.1 Å². The Hall–Kier alpha value is -5.91. The second-order valence-corrected chi connectivity index (χ2v) is 17.4. The summed E-state index contributed by atoms with van der Waals surface area (Å²) in [6, 6.07) is 24.2. The van der Waals surface area contributed by atoms with Gasteiger partial charge in [0.2, 0.25) is 5.60 Å². The number of alkyl halides is 1. The van der Waals surface area contributed by atoms with Gasteiger partial charge in [0.05, 0.1) is 7.11 Å². The Morgan fingerprint density at radius 3 is 2.18 bits per heavy atom. The first-order valence-corrected chi connectivity index (χ1v) is 21.4. The molecule has 18 heteroatoms. The Labute approximate surface area is 365 Å². The van der Waals surface area contributed by atoms with Gasteiger partial charge in [0.1, 0.15) is 40.8 Å². The fourth-order valence-corrected chi connectivity index (χ4v) is 8.35. The van der Waals surface area contributed by atoms with Crippen LogP contribution in [0.15, 0.2) is 107 Å². The van der Waals surface area contributed by atoms with Gasteiger partial charge in [-0.15, -0.1) is 34.7 Å². The molecule has 2 aliphatic rings. The maximum atomic E-state index is 14.2. The summed E-state index contributed by atoms with van der Waals surface area (Å²) in [5, 5.41) is 10.2. The number of nitrogens with one attached hydrogen (secondary N) is 2. The summed E-state index contributed by atoms with van der Waals surface area (Å²) in [7, 11) is 1.55. The van der Waals surface area contributed by atoms with Crippen LogP contribution in [0.25, 0.3) is 0 Å². The van der Waals surface area contributed by atoms with Crippen molar-refractivity contribution in [3.05, 3.63) is 124 Å². The van der Waals surface area contributed by atoms with Crippen LogP contribution in [0, 0.1) is 0 Å². The van der Waals surface area contributed by atoms with E-state index in [1.54, 1.807) is 52.1 Å². The number of carbonyl (C=O) groups excluding carboxylic acids is 5. The fraction of sp³-hybridized carbons (Fsp3) is 0.326. The maximum absolute atomic E-state index is 14.2. The Morgan fingerprint density at radius 2 is 1.59 bits per heavy atom. The number of hydrogen-bond donors (Lipinski definition) is 2. The SMILES string of the molecule is COc1ccc(COC(=O)C2=C(CCl)CS[C@@H]3[C@H](NC(=O)C(=NOC(C)(C)C(=O)OC(c4ccccc4)c4ccccc4)c4csc(NC(=O)OC(C)(C)C)n4)C(=O)N23)cc1. The number of nitrogens with zero attached hydrogens (tertiary/aromatic N) is 3. The highest BCUT2D eigenvalue weighted by Gasteiger charge is 2.54. The molecule has 3 aromatic carbocycles. The smallest absolute Gasteiger partial charge is 0.413 e. The number of esters is 2. The predicted octanol–water partition coefficient (Wildman–Crippen LogP) is 6.97. The van der Waals surface area contributed by atoms with E-state index in [1.807, 2.05) is 60.7 Å². The first-order chi connectivity index (χ1) is 29.1. The van der Waals surface area contributed by atoms with E-state index >= 15 is 0 Å². The Bertz CT molecular complexity index is 2270. The number of ether oxygens (including phenoxy) is 4. The van der Waals surface area contributed by atoms with Gasteiger partial charge in [-0.1, -0.05) is 78.0 Å². The van der Waals surface area contributed by atoms with Crippen molar-refractivity contribution in [1.82, 2.24) is 15.2 Å². The number of amides is 3. The molecule has 320 valence electrons. The average Bonchev–Trinajstić information content (AvgIpc) is 3.70. The van der Waals surface area contributed by atoms with Crippen LogP contribution in [0.3, 0.4) is 0 Å². The van der Waals surface area contributed by atoms with Gasteiger partial charge in [-0.05, 0) is 69.0 Å². The summed E-state index contributed by atoms with van der Waals surface area (Å²) in [6.45, 7) is 7.91. The molecule has 2 atom stereocenters. The molecular weight excluding hydrogens is 846 g/mol. The topological polar surface area (TPSA) is 184 Å². The molecule has 2 aliphatic heterocycles. The van der Waals surface area contributed by atoms with Crippen molar-refractivity contribution in [1.29, 1.82) is 0 Å². The number of fused-ring (bicyclic) bond motifs is 1. The first kappa shape index (κ1) is 44.6. The number of oxime groups is 1. The lowest BCUT2D eigenvalue weighted by atomic mass is 10.0. The van der Waals surface area contributed by atoms with Crippen LogP contribution in [-0.4, -0.2) is 86.8 Å². The predicted molar refractivity (Wildman–Crippen MR) is 230 cm³/mol. The van der Waals surface area contributed by atoms with Crippen molar-refractivity contribution >= 4 is 75.4 Å². The number of methoxy groups -OCH3 is 1. The number of anilines is 1. The first-order valence-electron chi connectivity index (χ1n) is 18.9. The number of halogens is 1. The molecule has 0 unspecified atom stereocenters. The Kier molecular flexibility index (Phi) is 14.1. The standard InChI is InChI=1S/C43H44ClN5O10S2/c1-42(2,3)58-41(54)47-40-45-30(24-61-40)31(48-59-43(4,5)39(53)57-34(26-13-9-7-10-14-26)27-15-11-8-12-16-27)35(50)46-32-36(51)49-33(28(21-44)23-60-37(32)49)38(52)56-22-25-17-19-29(55-6)20-18-25/h7-20,24,32,34,37H,21-23H2,1-6H3,(H,46,50)(H,45,47,54)/t32-,37-/m1/s1. The van der Waals surface area contributed by atoms with E-state index in [0.717, 1.165) is 22.5 Å². The molecule has 61 heavy (non-hydrogen) atoms. The molecular formula is C43H44ClN5O10S2. The number of thiazole rings is 1. The van der Waals surface area contributed by atoms with E-state index in [9.17, 15) is 24.0 Å². The van der Waals surface area contributed by atoms with Crippen molar-refractivity contribution in [2.75, 3.05) is 24.1 Å². The molecule has 0 saturated carbocycles. The third kappa shape index (κ3) is 10.9. The maximum Gasteiger partial charge on any atom is 0.413 e. The molecule has 0 spiro atoms. The van der Waals surface area contributed by atoms with Crippen LogP contribution in [0.5, 0.6) is 5.75 Å². The van der Waals surface area contributed by atoms with E-state index in [2.05, 4.69) is 20.8 Å². The monoisotopic (exact) mass is 889 g/mol. The van der Waals surface area contributed by atoms with Gasteiger partial charge in [-0.25, -0.2) is 19.4 Å². The van der Waals surface area contributed by atoms with Crippen molar-refractivity contribution in [3.8, 4) is 5.75 Å². The highest BCUT2D eigenvalue weighted by molar-refractivity contribution is 8.00. The number of hydrogen-bond acceptors (Lipinski definition) is 14. The number of rotatable bonds is 15. The number of thioether (sulfide) groups is 1. The molecule has 2 N–H and O–H groups in total. The van der Waals surface area contributed by atoms with Crippen LogP contribution < -0.4 is 15.4 Å². The number of aromatic nitrogens is 1. The van der Waals surface area contributed by atoms with Crippen LogP contribution in [0.1, 0.15) is 63.1 Å². The molecule has 0 aliphatic carbocycles. The third-order valence-electron chi connectivity index (χ3n) is 9.07. The minimum absolute atomic E-state index is 0.0157. The summed E-state index contributed by atoms with van der Waals surface area (Å²) >= 11 is 8.51. The van der Waals surface area contributed by atoms with Gasteiger partial charge in [0.15, 0.2) is 16.9 Å². The van der Waals surface area contributed by atoms with Crippen LogP contribution in [-0.2, 0) is 44.8 Å². The zero-order valence-corrected chi connectivity index (χ0v) is 36.5. The number of carbonyl (C=O) groups is 5. The molecule has 15 nitrogen and oxygen atoms in total. The molecule has 1 fully saturated rings. The Balaban J connectivity index is 1.22. The van der Waals surface area contributed by atoms with E-state index in [-0.39, 0.29) is 34.8 Å². The summed E-state index contributed by atoms with van der Waals surface area (Å²) in [4.78, 5) is 79.2. The molecule has 4 aromatic rings. The zero-order chi connectivity index (χ0) is 43.9. The Morgan fingerprint density at radius 1 is 0.951 bits per heavy atom. The van der Waals surface area contributed by atoms with Gasteiger partial charge >= 0.3 is 18.0 Å². The zero-order valence-electron chi connectivity index (χ0n) is 34.1.